The first kappa shape index (κ1) is 12.4. The van der Waals surface area contributed by atoms with Gasteiger partial charge in [0.15, 0.2) is 0 Å². The lowest BCUT2D eigenvalue weighted by Crippen LogP contribution is -2.37. The van der Waals surface area contributed by atoms with Gasteiger partial charge in [-0.1, -0.05) is 26.0 Å². The molecule has 1 heterocycles. The van der Waals surface area contributed by atoms with E-state index in [1.807, 2.05) is 7.05 Å². The van der Waals surface area contributed by atoms with Crippen LogP contribution in [0.3, 0.4) is 0 Å². The average Bonchev–Trinajstić information content (AvgIpc) is 2.76. The van der Waals surface area contributed by atoms with E-state index in [0.29, 0.717) is 0 Å². The van der Waals surface area contributed by atoms with Crippen LogP contribution in [0.15, 0.2) is 18.2 Å². The molecule has 0 saturated heterocycles. The fourth-order valence-electron chi connectivity index (χ4n) is 2.21. The van der Waals surface area contributed by atoms with Crippen LogP contribution in [0.4, 0.5) is 0 Å². The predicted octanol–water partition coefficient (Wildman–Crippen LogP) is 1.67. The molecule has 0 radical (unpaired) electrons. The number of hydrogen-bond donors (Lipinski definition) is 2. The lowest BCUT2D eigenvalue weighted by molar-refractivity contribution is 0.356. The Kier molecular flexibility index (Phi) is 3.69. The Morgan fingerprint density at radius 2 is 2.18 bits per heavy atom. The Morgan fingerprint density at radius 1 is 1.35 bits per heavy atom. The molecule has 0 spiro atoms. The minimum atomic E-state index is 0.147. The normalized spacial score (nSPS) is 14.5. The second-order valence-electron chi connectivity index (χ2n) is 5.26. The van der Waals surface area contributed by atoms with Crippen LogP contribution in [0.2, 0.25) is 0 Å². The molecule has 1 aliphatic heterocycles. The third-order valence-electron chi connectivity index (χ3n) is 3.34. The maximum absolute atomic E-state index is 5.54. The van der Waals surface area contributed by atoms with E-state index in [1.54, 1.807) is 0 Å². The molecule has 0 bridgehead atoms. The van der Waals surface area contributed by atoms with Gasteiger partial charge in [-0.25, -0.2) is 0 Å². The van der Waals surface area contributed by atoms with E-state index in [0.717, 1.165) is 32.0 Å². The van der Waals surface area contributed by atoms with Crippen LogP contribution in [0.25, 0.3) is 0 Å². The van der Waals surface area contributed by atoms with Crippen molar-refractivity contribution in [1.29, 1.82) is 0 Å². The van der Waals surface area contributed by atoms with Crippen molar-refractivity contribution in [2.75, 3.05) is 26.9 Å². The molecule has 0 aromatic heterocycles. The molecule has 3 heteroatoms. The molecule has 0 saturated carbocycles. The monoisotopic (exact) mass is 234 g/mol. The minimum Gasteiger partial charge on any atom is -0.493 e. The number of rotatable bonds is 5. The van der Waals surface area contributed by atoms with Crippen molar-refractivity contribution in [2.24, 2.45) is 0 Å². The summed E-state index contributed by atoms with van der Waals surface area (Å²) in [5.41, 5.74) is 2.88. The van der Waals surface area contributed by atoms with Gasteiger partial charge in [0.1, 0.15) is 5.75 Å². The van der Waals surface area contributed by atoms with Gasteiger partial charge in [0, 0.05) is 25.0 Å². The van der Waals surface area contributed by atoms with Crippen molar-refractivity contribution >= 4 is 0 Å². The van der Waals surface area contributed by atoms with Crippen LogP contribution in [-0.2, 0) is 11.8 Å². The van der Waals surface area contributed by atoms with Gasteiger partial charge in [0.05, 0.1) is 6.61 Å². The summed E-state index contributed by atoms with van der Waals surface area (Å²) >= 11 is 0. The number of ether oxygens (including phenoxy) is 1. The van der Waals surface area contributed by atoms with Gasteiger partial charge in [-0.2, -0.15) is 0 Å². The zero-order chi connectivity index (χ0) is 12.3. The second-order valence-corrected chi connectivity index (χ2v) is 5.26. The minimum absolute atomic E-state index is 0.147. The van der Waals surface area contributed by atoms with Gasteiger partial charge >= 0.3 is 0 Å². The van der Waals surface area contributed by atoms with Gasteiger partial charge in [0.25, 0.3) is 0 Å². The van der Waals surface area contributed by atoms with Crippen molar-refractivity contribution in [3.05, 3.63) is 29.3 Å². The van der Waals surface area contributed by atoms with E-state index in [1.165, 1.54) is 11.1 Å². The van der Waals surface area contributed by atoms with E-state index in [4.69, 9.17) is 4.74 Å². The Hall–Kier alpha value is -1.06. The van der Waals surface area contributed by atoms with Crippen molar-refractivity contribution in [2.45, 2.75) is 25.7 Å². The van der Waals surface area contributed by atoms with Gasteiger partial charge in [-0.3, -0.25) is 0 Å². The molecule has 1 aromatic carbocycles. The molecule has 0 unspecified atom stereocenters. The van der Waals surface area contributed by atoms with Crippen LogP contribution >= 0.6 is 0 Å². The Labute approximate surface area is 104 Å². The Morgan fingerprint density at radius 3 is 2.94 bits per heavy atom. The van der Waals surface area contributed by atoms with Gasteiger partial charge in [-0.05, 0) is 24.2 Å². The molecule has 0 atom stereocenters. The van der Waals surface area contributed by atoms with E-state index >= 15 is 0 Å². The van der Waals surface area contributed by atoms with Crippen molar-refractivity contribution < 1.29 is 4.74 Å². The molecule has 17 heavy (non-hydrogen) atoms. The van der Waals surface area contributed by atoms with Crippen molar-refractivity contribution in [3.63, 3.8) is 0 Å². The highest BCUT2D eigenvalue weighted by Gasteiger charge is 2.22. The molecular weight excluding hydrogens is 212 g/mol. The maximum atomic E-state index is 5.54. The van der Waals surface area contributed by atoms with Crippen molar-refractivity contribution in [3.8, 4) is 5.75 Å². The fraction of sp³-hybridized carbons (Fsp3) is 0.571. The summed E-state index contributed by atoms with van der Waals surface area (Å²) in [6.45, 7) is 7.18. The third kappa shape index (κ3) is 2.79. The quantitative estimate of drug-likeness (QED) is 0.600. The molecule has 1 aliphatic rings. The topological polar surface area (TPSA) is 33.3 Å². The highest BCUT2D eigenvalue weighted by atomic mass is 16.5. The van der Waals surface area contributed by atoms with Crippen LogP contribution in [0.1, 0.15) is 25.0 Å². The average molecular weight is 234 g/mol. The second kappa shape index (κ2) is 5.07. The smallest absolute Gasteiger partial charge is 0.122 e. The SMILES string of the molecule is CNCNCC(C)(C)c1ccc2c(c1)CCO2. The number of fused-ring (bicyclic) bond motifs is 1. The molecule has 0 aliphatic carbocycles. The van der Waals surface area contributed by atoms with Crippen LogP contribution in [0, 0.1) is 0 Å². The van der Waals surface area contributed by atoms with Gasteiger partial charge in [-0.15, -0.1) is 0 Å². The number of benzene rings is 1. The summed E-state index contributed by atoms with van der Waals surface area (Å²) in [4.78, 5) is 0. The van der Waals surface area contributed by atoms with E-state index in [2.05, 4.69) is 42.7 Å². The molecule has 0 fully saturated rings. The number of hydrogen-bond acceptors (Lipinski definition) is 3. The van der Waals surface area contributed by atoms with Crippen LogP contribution in [0.5, 0.6) is 5.75 Å². The van der Waals surface area contributed by atoms with Crippen LogP contribution in [-0.4, -0.2) is 26.9 Å². The van der Waals surface area contributed by atoms with Crippen LogP contribution < -0.4 is 15.4 Å². The highest BCUT2D eigenvalue weighted by Crippen LogP contribution is 2.31. The summed E-state index contributed by atoms with van der Waals surface area (Å²) in [7, 11) is 1.95. The Bertz CT molecular complexity index is 388. The molecule has 2 N–H and O–H groups in total. The molecule has 2 rings (SSSR count). The largest absolute Gasteiger partial charge is 0.493 e. The van der Waals surface area contributed by atoms with E-state index < -0.39 is 0 Å². The lowest BCUT2D eigenvalue weighted by atomic mass is 9.83. The lowest BCUT2D eigenvalue weighted by Gasteiger charge is -2.26. The summed E-state index contributed by atoms with van der Waals surface area (Å²) in [5, 5.41) is 6.50. The first-order valence-electron chi connectivity index (χ1n) is 6.25. The summed E-state index contributed by atoms with van der Waals surface area (Å²) in [6, 6.07) is 6.59. The van der Waals surface area contributed by atoms with E-state index in [-0.39, 0.29) is 5.41 Å². The first-order valence-corrected chi connectivity index (χ1v) is 6.25. The maximum Gasteiger partial charge on any atom is 0.122 e. The molecular formula is C14H22N2O. The number of nitrogens with one attached hydrogen (secondary N) is 2. The third-order valence-corrected chi connectivity index (χ3v) is 3.34. The fourth-order valence-corrected chi connectivity index (χ4v) is 2.21. The summed E-state index contributed by atoms with van der Waals surface area (Å²) in [5.74, 6) is 1.06. The van der Waals surface area contributed by atoms with Gasteiger partial charge in [0.2, 0.25) is 0 Å². The molecule has 3 nitrogen and oxygen atoms in total. The first-order chi connectivity index (χ1) is 8.13. The van der Waals surface area contributed by atoms with E-state index in [9.17, 15) is 0 Å². The summed E-state index contributed by atoms with van der Waals surface area (Å²) < 4.78 is 5.54. The molecule has 94 valence electrons. The zero-order valence-corrected chi connectivity index (χ0v) is 11.0. The van der Waals surface area contributed by atoms with Gasteiger partial charge < -0.3 is 15.4 Å². The zero-order valence-electron chi connectivity index (χ0n) is 11.0. The highest BCUT2D eigenvalue weighted by molar-refractivity contribution is 5.42. The Balaban J connectivity index is 2.10. The predicted molar refractivity (Wildman–Crippen MR) is 70.6 cm³/mol. The summed E-state index contributed by atoms with van der Waals surface area (Å²) in [6.07, 6.45) is 1.04. The molecule has 1 aromatic rings. The molecule has 0 amide bonds. The van der Waals surface area contributed by atoms with Crippen molar-refractivity contribution in [1.82, 2.24) is 10.6 Å². The standard InChI is InChI=1S/C14H22N2O/c1-14(2,9-16-10-15-3)12-4-5-13-11(8-12)6-7-17-13/h4-5,8,15-16H,6-7,9-10H2,1-3H3.